The van der Waals surface area contributed by atoms with E-state index < -0.39 is 0 Å². The van der Waals surface area contributed by atoms with Gasteiger partial charge in [-0.2, -0.15) is 0 Å². The number of anilines is 1. The van der Waals surface area contributed by atoms with Crippen LogP contribution in [0.2, 0.25) is 5.02 Å². The first-order valence-electron chi connectivity index (χ1n) is 11.0. The lowest BCUT2D eigenvalue weighted by Gasteiger charge is -2.37. The number of amides is 1. The Labute approximate surface area is 190 Å². The number of benzene rings is 2. The molecule has 1 amide bonds. The molecule has 1 fully saturated rings. The Morgan fingerprint density at radius 3 is 2.52 bits per heavy atom. The van der Waals surface area contributed by atoms with Gasteiger partial charge >= 0.3 is 0 Å². The zero-order valence-electron chi connectivity index (χ0n) is 19.0. The summed E-state index contributed by atoms with van der Waals surface area (Å²) in [6.45, 7) is 12.9. The van der Waals surface area contributed by atoms with Crippen molar-refractivity contribution in [3.05, 3.63) is 58.1 Å². The molecule has 0 saturated carbocycles. The Hall–Kier alpha value is -2.24. The van der Waals surface area contributed by atoms with Crippen LogP contribution in [0.3, 0.4) is 0 Å². The fraction of sp³-hybridized carbons (Fsp3) is 0.480. The predicted molar refractivity (Wildman–Crippen MR) is 126 cm³/mol. The van der Waals surface area contributed by atoms with Crippen LogP contribution in [0.25, 0.3) is 0 Å². The molecule has 1 heterocycles. The van der Waals surface area contributed by atoms with Gasteiger partial charge in [0, 0.05) is 54.6 Å². The maximum atomic E-state index is 13.2. The van der Waals surface area contributed by atoms with E-state index in [-0.39, 0.29) is 5.91 Å². The Morgan fingerprint density at radius 1 is 1.10 bits per heavy atom. The van der Waals surface area contributed by atoms with Crippen LogP contribution in [0.4, 0.5) is 5.69 Å². The van der Waals surface area contributed by atoms with Gasteiger partial charge in [-0.05, 0) is 55.7 Å². The molecule has 0 spiro atoms. The first kappa shape index (κ1) is 23.4. The number of aryl methyl sites for hydroxylation is 1. The molecule has 3 rings (SSSR count). The largest absolute Gasteiger partial charge is 0.494 e. The molecule has 6 heteroatoms. The Bertz CT molecular complexity index is 892. The van der Waals surface area contributed by atoms with E-state index in [0.29, 0.717) is 44.4 Å². The van der Waals surface area contributed by atoms with Crippen molar-refractivity contribution in [2.45, 2.75) is 34.3 Å². The van der Waals surface area contributed by atoms with E-state index in [1.807, 2.05) is 48.2 Å². The summed E-state index contributed by atoms with van der Waals surface area (Å²) in [7, 11) is 0. The summed E-state index contributed by atoms with van der Waals surface area (Å²) in [5, 5.41) is 0.737. The van der Waals surface area contributed by atoms with Gasteiger partial charge in [-0.25, -0.2) is 0 Å². The highest BCUT2D eigenvalue weighted by Gasteiger charge is 2.24. The second-order valence-corrected chi connectivity index (χ2v) is 8.81. The van der Waals surface area contributed by atoms with Gasteiger partial charge in [-0.15, -0.1) is 0 Å². The fourth-order valence-electron chi connectivity index (χ4n) is 3.78. The topological polar surface area (TPSA) is 42.0 Å². The zero-order valence-corrected chi connectivity index (χ0v) is 19.7. The lowest BCUT2D eigenvalue weighted by Crippen LogP contribution is -2.49. The van der Waals surface area contributed by atoms with Crippen LogP contribution >= 0.6 is 11.6 Å². The Kier molecular flexibility index (Phi) is 8.22. The molecule has 0 atom stereocenters. The molecule has 1 saturated heterocycles. The van der Waals surface area contributed by atoms with E-state index in [4.69, 9.17) is 21.1 Å². The minimum atomic E-state index is 0.0515. The van der Waals surface area contributed by atoms with Crippen molar-refractivity contribution in [1.29, 1.82) is 0 Å². The summed E-state index contributed by atoms with van der Waals surface area (Å²) in [5.41, 5.74) is 3.94. The van der Waals surface area contributed by atoms with E-state index >= 15 is 0 Å². The minimum absolute atomic E-state index is 0.0515. The van der Waals surface area contributed by atoms with Crippen molar-refractivity contribution in [2.24, 2.45) is 5.92 Å². The molecule has 0 N–H and O–H groups in total. The number of ether oxygens (including phenoxy) is 2. The molecule has 5 nitrogen and oxygen atoms in total. The van der Waals surface area contributed by atoms with Gasteiger partial charge in [0.25, 0.3) is 5.91 Å². The molecule has 0 radical (unpaired) electrons. The van der Waals surface area contributed by atoms with Gasteiger partial charge in [-0.3, -0.25) is 4.79 Å². The monoisotopic (exact) mass is 444 g/mol. The van der Waals surface area contributed by atoms with E-state index in [0.717, 1.165) is 35.1 Å². The lowest BCUT2D eigenvalue weighted by atomic mass is 10.1. The van der Waals surface area contributed by atoms with Crippen LogP contribution in [0, 0.1) is 12.8 Å². The second-order valence-electron chi connectivity index (χ2n) is 8.37. The van der Waals surface area contributed by atoms with Crippen LogP contribution in [0.1, 0.15) is 42.3 Å². The molecule has 1 aliphatic rings. The molecule has 31 heavy (non-hydrogen) atoms. The standard InChI is InChI=1S/C25H33ClN2O3/c1-5-31-24-9-7-20(14-21(24)17-30-16-18(2)3)25(29)28-12-10-27(11-13-28)23-15-22(26)8-6-19(23)4/h6-9,14-15,18H,5,10-13,16-17H2,1-4H3. The van der Waals surface area contributed by atoms with Crippen molar-refractivity contribution < 1.29 is 14.3 Å². The smallest absolute Gasteiger partial charge is 0.253 e. The summed E-state index contributed by atoms with van der Waals surface area (Å²) in [5.74, 6) is 1.29. The molecule has 2 aromatic carbocycles. The van der Waals surface area contributed by atoms with E-state index in [2.05, 4.69) is 25.7 Å². The highest BCUT2D eigenvalue weighted by atomic mass is 35.5. The van der Waals surface area contributed by atoms with Crippen molar-refractivity contribution in [1.82, 2.24) is 4.90 Å². The van der Waals surface area contributed by atoms with Crippen molar-refractivity contribution in [2.75, 3.05) is 44.3 Å². The summed E-state index contributed by atoms with van der Waals surface area (Å²) < 4.78 is 11.5. The van der Waals surface area contributed by atoms with Gasteiger partial charge < -0.3 is 19.3 Å². The second kappa shape index (κ2) is 10.9. The third-order valence-electron chi connectivity index (χ3n) is 5.39. The normalized spacial score (nSPS) is 14.3. The minimum Gasteiger partial charge on any atom is -0.494 e. The van der Waals surface area contributed by atoms with Crippen molar-refractivity contribution in [3.63, 3.8) is 0 Å². The predicted octanol–water partition coefficient (Wildman–Crippen LogP) is 5.18. The van der Waals surface area contributed by atoms with Gasteiger partial charge in [0.15, 0.2) is 0 Å². The third-order valence-corrected chi connectivity index (χ3v) is 5.63. The fourth-order valence-corrected chi connectivity index (χ4v) is 3.95. The van der Waals surface area contributed by atoms with Crippen LogP contribution < -0.4 is 9.64 Å². The number of hydrogen-bond donors (Lipinski definition) is 0. The quantitative estimate of drug-likeness (QED) is 0.562. The number of carbonyl (C=O) groups is 1. The maximum absolute atomic E-state index is 13.2. The molecule has 0 aliphatic carbocycles. The van der Waals surface area contributed by atoms with Gasteiger partial charge in [0.1, 0.15) is 5.75 Å². The summed E-state index contributed by atoms with van der Waals surface area (Å²) in [4.78, 5) is 17.4. The molecule has 0 aromatic heterocycles. The number of nitrogens with zero attached hydrogens (tertiary/aromatic N) is 2. The molecular weight excluding hydrogens is 412 g/mol. The van der Waals surface area contributed by atoms with Crippen molar-refractivity contribution >= 4 is 23.2 Å². The average molecular weight is 445 g/mol. The number of piperazine rings is 1. The van der Waals surface area contributed by atoms with Crippen molar-refractivity contribution in [3.8, 4) is 5.75 Å². The highest BCUT2D eigenvalue weighted by molar-refractivity contribution is 6.30. The Morgan fingerprint density at radius 2 is 1.84 bits per heavy atom. The van der Waals surface area contributed by atoms with Gasteiger partial charge in [-0.1, -0.05) is 31.5 Å². The van der Waals surface area contributed by atoms with Crippen LogP contribution in [0.5, 0.6) is 5.75 Å². The third kappa shape index (κ3) is 6.14. The van der Waals surface area contributed by atoms with Crippen LogP contribution in [-0.2, 0) is 11.3 Å². The van der Waals surface area contributed by atoms with E-state index in [1.54, 1.807) is 0 Å². The molecule has 1 aliphatic heterocycles. The summed E-state index contributed by atoms with van der Waals surface area (Å²) >= 11 is 6.19. The first-order chi connectivity index (χ1) is 14.9. The van der Waals surface area contributed by atoms with Crippen LogP contribution in [-0.4, -0.2) is 50.2 Å². The first-order valence-corrected chi connectivity index (χ1v) is 11.4. The number of hydrogen-bond acceptors (Lipinski definition) is 4. The molecule has 2 aromatic rings. The Balaban J connectivity index is 1.67. The van der Waals surface area contributed by atoms with E-state index in [9.17, 15) is 4.79 Å². The molecule has 168 valence electrons. The highest BCUT2D eigenvalue weighted by Crippen LogP contribution is 2.26. The van der Waals surface area contributed by atoms with Gasteiger partial charge in [0.2, 0.25) is 0 Å². The average Bonchev–Trinajstić information content (AvgIpc) is 2.76. The molecule has 0 bridgehead atoms. The zero-order chi connectivity index (χ0) is 22.4. The molecule has 0 unspecified atom stereocenters. The SMILES string of the molecule is CCOc1ccc(C(=O)N2CCN(c3cc(Cl)ccc3C)CC2)cc1COCC(C)C. The number of carbonyl (C=O) groups excluding carboxylic acids is 1. The van der Waals surface area contributed by atoms with E-state index in [1.165, 1.54) is 5.56 Å². The lowest BCUT2D eigenvalue weighted by molar-refractivity contribution is 0.0745. The number of rotatable bonds is 8. The maximum Gasteiger partial charge on any atom is 0.253 e. The van der Waals surface area contributed by atoms with Crippen LogP contribution in [0.15, 0.2) is 36.4 Å². The van der Waals surface area contributed by atoms with Gasteiger partial charge in [0.05, 0.1) is 13.2 Å². The summed E-state index contributed by atoms with van der Waals surface area (Å²) in [6, 6.07) is 11.6. The summed E-state index contributed by atoms with van der Waals surface area (Å²) in [6.07, 6.45) is 0. The molecular formula is C25H33ClN2O3. The number of halogens is 1.